The van der Waals surface area contributed by atoms with Crippen LogP contribution in [0.25, 0.3) is 0 Å². The van der Waals surface area contributed by atoms with Gasteiger partial charge in [-0.25, -0.2) is 8.42 Å². The topological polar surface area (TPSA) is 57.2 Å². The van der Waals surface area contributed by atoms with Crippen LogP contribution in [-0.2, 0) is 10.1 Å². The van der Waals surface area contributed by atoms with E-state index >= 15 is 0 Å². The normalized spacial score (nSPS) is 17.1. The molecule has 0 amide bonds. The van der Waals surface area contributed by atoms with E-state index in [4.69, 9.17) is 13.0 Å². The van der Waals surface area contributed by atoms with E-state index in [9.17, 15) is 0 Å². The molecule has 1 heterocycles. The van der Waals surface area contributed by atoms with Crippen molar-refractivity contribution < 1.29 is 17.5 Å². The summed E-state index contributed by atoms with van der Waals surface area (Å²) < 4.78 is 28.7. The Kier molecular flexibility index (Phi) is 12.2. The first kappa shape index (κ1) is 21.9. The van der Waals surface area contributed by atoms with Crippen LogP contribution in [-0.4, -0.2) is 49.9 Å². The van der Waals surface area contributed by atoms with Crippen LogP contribution in [0.2, 0.25) is 0 Å². The van der Waals surface area contributed by atoms with Gasteiger partial charge in [0.1, 0.15) is 0 Å². The SMILES string of the molecule is CCCCCCCCCC[N+]1(CC)CCCC1.CS(=O)(=O)[O-]. The number of likely N-dealkylation sites (tertiary alicyclic amines) is 1. The zero-order valence-electron chi connectivity index (χ0n) is 15.0. The number of nitrogens with zero attached hydrogens (tertiary/aromatic N) is 1. The third kappa shape index (κ3) is 13.5. The van der Waals surface area contributed by atoms with Gasteiger partial charge in [0.05, 0.1) is 36.3 Å². The summed E-state index contributed by atoms with van der Waals surface area (Å²) in [6.45, 7) is 10.4. The third-order valence-corrected chi connectivity index (χ3v) is 4.67. The van der Waals surface area contributed by atoms with Crippen molar-refractivity contribution in [2.45, 2.75) is 78.1 Å². The molecule has 134 valence electrons. The van der Waals surface area contributed by atoms with Crippen LogP contribution in [0.5, 0.6) is 0 Å². The lowest BCUT2D eigenvalue weighted by atomic mass is 10.1. The zero-order chi connectivity index (χ0) is 16.9. The number of quaternary nitrogens is 1. The molecule has 0 N–H and O–H groups in total. The van der Waals surface area contributed by atoms with Gasteiger partial charge in [0.2, 0.25) is 0 Å². The molecule has 0 atom stereocenters. The summed E-state index contributed by atoms with van der Waals surface area (Å²) in [5, 5.41) is 0. The molecule has 0 aliphatic carbocycles. The van der Waals surface area contributed by atoms with Crippen LogP contribution in [0.3, 0.4) is 0 Å². The number of rotatable bonds is 10. The summed E-state index contributed by atoms with van der Waals surface area (Å²) in [4.78, 5) is 0. The predicted octanol–water partition coefficient (Wildman–Crippen LogP) is 3.92. The molecule has 0 saturated carbocycles. The number of hydrogen-bond acceptors (Lipinski definition) is 3. The van der Waals surface area contributed by atoms with Gasteiger partial charge >= 0.3 is 0 Å². The highest BCUT2D eigenvalue weighted by molar-refractivity contribution is 7.84. The highest BCUT2D eigenvalue weighted by Crippen LogP contribution is 2.20. The standard InChI is InChI=1S/C16H34N.CH4O3S/c1-3-5-6-7-8-9-10-11-14-17(4-2)15-12-13-16-17;1-5(2,3)4/h3-16H2,1-2H3;1H3,(H,2,3,4)/q+1;/p-1. The molecule has 22 heavy (non-hydrogen) atoms. The molecule has 1 rings (SSSR count). The fourth-order valence-corrected chi connectivity index (χ4v) is 3.29. The molecule has 1 fully saturated rings. The molecule has 0 spiro atoms. The fraction of sp³-hybridized carbons (Fsp3) is 1.00. The van der Waals surface area contributed by atoms with Crippen LogP contribution in [0.15, 0.2) is 0 Å². The maximum Gasteiger partial charge on any atom is 0.0916 e. The molecule has 1 aliphatic rings. The van der Waals surface area contributed by atoms with Crippen LogP contribution in [0.1, 0.15) is 78.1 Å². The van der Waals surface area contributed by atoms with E-state index in [2.05, 4.69) is 13.8 Å². The van der Waals surface area contributed by atoms with Gasteiger partial charge < -0.3 is 9.04 Å². The van der Waals surface area contributed by atoms with Gasteiger partial charge in [-0.3, -0.25) is 0 Å². The van der Waals surface area contributed by atoms with Gasteiger partial charge in [0.25, 0.3) is 0 Å². The summed E-state index contributed by atoms with van der Waals surface area (Å²) in [6, 6.07) is 0. The molecule has 0 radical (unpaired) electrons. The van der Waals surface area contributed by atoms with E-state index in [1.54, 1.807) is 0 Å². The number of unbranched alkanes of at least 4 members (excludes halogenated alkanes) is 7. The Labute approximate surface area is 138 Å². The molecule has 0 bridgehead atoms. The highest BCUT2D eigenvalue weighted by atomic mass is 32.2. The zero-order valence-corrected chi connectivity index (χ0v) is 15.8. The second-order valence-electron chi connectivity index (χ2n) is 6.71. The van der Waals surface area contributed by atoms with Crippen molar-refractivity contribution in [1.82, 2.24) is 0 Å². The molecule has 4 nitrogen and oxygen atoms in total. The van der Waals surface area contributed by atoms with E-state index < -0.39 is 10.1 Å². The Bertz CT molecular complexity index is 341. The summed E-state index contributed by atoms with van der Waals surface area (Å²) in [6.07, 6.45) is 15.2. The molecule has 1 saturated heterocycles. The van der Waals surface area contributed by atoms with E-state index in [1.165, 1.54) is 94.9 Å². The monoisotopic (exact) mass is 335 g/mol. The molecule has 1 aliphatic heterocycles. The summed E-state index contributed by atoms with van der Waals surface area (Å²) in [5.74, 6) is 0. The van der Waals surface area contributed by atoms with Crippen LogP contribution in [0, 0.1) is 0 Å². The molecule has 0 unspecified atom stereocenters. The quantitative estimate of drug-likeness (QED) is 0.345. The van der Waals surface area contributed by atoms with Gasteiger partial charge in [-0.2, -0.15) is 0 Å². The van der Waals surface area contributed by atoms with Crippen LogP contribution >= 0.6 is 0 Å². The van der Waals surface area contributed by atoms with Crippen LogP contribution < -0.4 is 0 Å². The molecule has 0 aromatic heterocycles. The molecule has 0 aromatic rings. The van der Waals surface area contributed by atoms with E-state index in [-0.39, 0.29) is 0 Å². The van der Waals surface area contributed by atoms with Crippen molar-refractivity contribution in [1.29, 1.82) is 0 Å². The van der Waals surface area contributed by atoms with E-state index in [0.29, 0.717) is 6.26 Å². The minimum absolute atomic E-state index is 0.604. The molecular formula is C17H37NO3S. The minimum Gasteiger partial charge on any atom is -0.748 e. The van der Waals surface area contributed by atoms with E-state index in [0.717, 1.165) is 0 Å². The lowest BCUT2D eigenvalue weighted by molar-refractivity contribution is -0.915. The maximum absolute atomic E-state index is 9.08. The fourth-order valence-electron chi connectivity index (χ4n) is 3.29. The first-order chi connectivity index (χ1) is 10.3. The average Bonchev–Trinajstić information content (AvgIpc) is 2.89. The van der Waals surface area contributed by atoms with Crippen LogP contribution in [0.4, 0.5) is 0 Å². The largest absolute Gasteiger partial charge is 0.748 e. The van der Waals surface area contributed by atoms with Crippen molar-refractivity contribution in [3.63, 3.8) is 0 Å². The van der Waals surface area contributed by atoms with Crippen molar-refractivity contribution in [2.24, 2.45) is 0 Å². The Balaban J connectivity index is 0.000000763. The Morgan fingerprint density at radius 3 is 1.68 bits per heavy atom. The summed E-state index contributed by atoms with van der Waals surface area (Å²) >= 11 is 0. The van der Waals surface area contributed by atoms with Gasteiger partial charge in [-0.1, -0.05) is 45.4 Å². The van der Waals surface area contributed by atoms with E-state index in [1.807, 2.05) is 0 Å². The molecule has 5 heteroatoms. The second kappa shape index (κ2) is 12.3. The predicted molar refractivity (Wildman–Crippen MR) is 92.9 cm³/mol. The Morgan fingerprint density at radius 1 is 0.864 bits per heavy atom. The Morgan fingerprint density at radius 2 is 1.27 bits per heavy atom. The van der Waals surface area contributed by atoms with Crippen molar-refractivity contribution in [3.05, 3.63) is 0 Å². The first-order valence-corrected chi connectivity index (χ1v) is 10.9. The molecule has 0 aromatic carbocycles. The summed E-state index contributed by atoms with van der Waals surface area (Å²) in [5.41, 5.74) is 0. The average molecular weight is 336 g/mol. The van der Waals surface area contributed by atoms with Crippen molar-refractivity contribution >= 4 is 10.1 Å². The lowest BCUT2D eigenvalue weighted by Crippen LogP contribution is -2.45. The summed E-state index contributed by atoms with van der Waals surface area (Å²) in [7, 11) is -3.92. The van der Waals surface area contributed by atoms with Gasteiger partial charge in [0, 0.05) is 19.1 Å². The maximum atomic E-state index is 9.08. The third-order valence-electron chi connectivity index (χ3n) is 4.67. The second-order valence-corrected chi connectivity index (χ2v) is 8.12. The number of hydrogen-bond donors (Lipinski definition) is 0. The molecular weight excluding hydrogens is 298 g/mol. The minimum atomic E-state index is -3.92. The first-order valence-electron chi connectivity index (χ1n) is 9.09. The van der Waals surface area contributed by atoms with Gasteiger partial charge in [-0.05, 0) is 19.8 Å². The van der Waals surface area contributed by atoms with Crippen molar-refractivity contribution in [2.75, 3.05) is 32.4 Å². The smallest absolute Gasteiger partial charge is 0.0916 e. The van der Waals surface area contributed by atoms with Crippen molar-refractivity contribution in [3.8, 4) is 0 Å². The lowest BCUT2D eigenvalue weighted by Gasteiger charge is -2.33. The Hall–Kier alpha value is -0.130. The van der Waals surface area contributed by atoms with Gasteiger partial charge in [0.15, 0.2) is 0 Å². The van der Waals surface area contributed by atoms with Gasteiger partial charge in [-0.15, -0.1) is 0 Å². The highest BCUT2D eigenvalue weighted by Gasteiger charge is 2.28.